The molecule has 4 nitrogen and oxygen atoms in total. The van der Waals surface area contributed by atoms with E-state index in [2.05, 4.69) is 26.1 Å². The van der Waals surface area contributed by atoms with Gasteiger partial charge in [-0.05, 0) is 53.8 Å². The van der Waals surface area contributed by atoms with Gasteiger partial charge >= 0.3 is 0 Å². The van der Waals surface area contributed by atoms with Gasteiger partial charge in [-0.15, -0.1) is 0 Å². The molecule has 4 heteroatoms. The molecule has 0 bridgehead atoms. The van der Waals surface area contributed by atoms with Crippen LogP contribution >= 0.6 is 0 Å². The van der Waals surface area contributed by atoms with Gasteiger partial charge in [0.1, 0.15) is 0 Å². The van der Waals surface area contributed by atoms with Gasteiger partial charge in [-0.2, -0.15) is 0 Å². The Balaban J connectivity index is 2.00. The lowest BCUT2D eigenvalue weighted by atomic mass is 10.0. The summed E-state index contributed by atoms with van der Waals surface area (Å²) < 4.78 is 11.0. The third kappa shape index (κ3) is 5.66. The fourth-order valence-electron chi connectivity index (χ4n) is 2.43. The highest BCUT2D eigenvalue weighted by Gasteiger charge is 2.05. The molecule has 2 aromatic rings. The summed E-state index contributed by atoms with van der Waals surface area (Å²) in [6.07, 6.45) is 4.20. The minimum absolute atomic E-state index is 0.174. The van der Waals surface area contributed by atoms with Crippen LogP contribution in [0.1, 0.15) is 44.2 Å². The molecule has 0 radical (unpaired) electrons. The largest absolute Gasteiger partial charge is 0.493 e. The normalized spacial score (nSPS) is 11.0. The van der Waals surface area contributed by atoms with Crippen LogP contribution in [0.4, 0.5) is 5.69 Å². The molecule has 0 aliphatic carbocycles. The van der Waals surface area contributed by atoms with Crippen molar-refractivity contribution >= 4 is 17.7 Å². The van der Waals surface area contributed by atoms with Crippen LogP contribution in [0.25, 0.3) is 6.08 Å². The number of anilines is 1. The molecular formula is C22H27NO3. The van der Waals surface area contributed by atoms with Gasteiger partial charge in [0.15, 0.2) is 11.5 Å². The number of rotatable bonds is 8. The number of hydrogen-bond acceptors (Lipinski definition) is 3. The monoisotopic (exact) mass is 353 g/mol. The van der Waals surface area contributed by atoms with E-state index in [4.69, 9.17) is 9.47 Å². The van der Waals surface area contributed by atoms with Gasteiger partial charge in [-0.1, -0.05) is 39.0 Å². The number of ether oxygens (including phenoxy) is 2. The van der Waals surface area contributed by atoms with Crippen LogP contribution in [0.2, 0.25) is 0 Å². The van der Waals surface area contributed by atoms with Gasteiger partial charge in [0.25, 0.3) is 0 Å². The molecule has 2 aromatic carbocycles. The van der Waals surface area contributed by atoms with Gasteiger partial charge in [-0.25, -0.2) is 0 Å². The van der Waals surface area contributed by atoms with E-state index in [-0.39, 0.29) is 5.91 Å². The Morgan fingerprint density at radius 3 is 2.46 bits per heavy atom. The molecule has 0 saturated carbocycles. The van der Waals surface area contributed by atoms with E-state index in [0.29, 0.717) is 24.0 Å². The van der Waals surface area contributed by atoms with Crippen LogP contribution < -0.4 is 14.8 Å². The zero-order valence-corrected chi connectivity index (χ0v) is 15.9. The standard InChI is InChI=1S/C22H27NO3/c1-5-14-26-20-12-6-17(15-21(20)25-4)7-13-22(24)23-19-10-8-18(9-11-19)16(2)3/h6-13,15-16H,5,14H2,1-4H3,(H,23,24). The molecule has 0 unspecified atom stereocenters. The van der Waals surface area contributed by atoms with Crippen LogP contribution in [-0.4, -0.2) is 19.6 Å². The number of carbonyl (C=O) groups is 1. The highest BCUT2D eigenvalue weighted by Crippen LogP contribution is 2.28. The van der Waals surface area contributed by atoms with Gasteiger partial charge < -0.3 is 14.8 Å². The average Bonchev–Trinajstić information content (AvgIpc) is 2.65. The lowest BCUT2D eigenvalue weighted by Gasteiger charge is -2.10. The Bertz CT molecular complexity index is 748. The smallest absolute Gasteiger partial charge is 0.248 e. The maximum absolute atomic E-state index is 12.1. The number of nitrogens with one attached hydrogen (secondary N) is 1. The maximum Gasteiger partial charge on any atom is 0.248 e. The summed E-state index contributed by atoms with van der Waals surface area (Å²) in [5, 5.41) is 2.86. The van der Waals surface area contributed by atoms with E-state index < -0.39 is 0 Å². The molecule has 0 saturated heterocycles. The molecule has 0 atom stereocenters. The fourth-order valence-corrected chi connectivity index (χ4v) is 2.43. The first kappa shape index (κ1) is 19.6. The average molecular weight is 353 g/mol. The van der Waals surface area contributed by atoms with E-state index in [1.807, 2.05) is 42.5 Å². The van der Waals surface area contributed by atoms with Crippen LogP contribution in [0.15, 0.2) is 48.5 Å². The third-order valence-electron chi connectivity index (χ3n) is 3.92. The number of carbonyl (C=O) groups excluding carboxylic acids is 1. The Morgan fingerprint density at radius 1 is 1.12 bits per heavy atom. The minimum atomic E-state index is -0.174. The first-order valence-corrected chi connectivity index (χ1v) is 8.93. The molecule has 0 spiro atoms. The predicted molar refractivity (Wildman–Crippen MR) is 107 cm³/mol. The Morgan fingerprint density at radius 2 is 1.85 bits per heavy atom. The molecule has 0 aliphatic heterocycles. The van der Waals surface area contributed by atoms with E-state index in [1.54, 1.807) is 13.2 Å². The second-order valence-corrected chi connectivity index (χ2v) is 6.36. The molecule has 0 aliphatic rings. The predicted octanol–water partition coefficient (Wildman–Crippen LogP) is 5.26. The Labute approximate surface area is 155 Å². The zero-order valence-electron chi connectivity index (χ0n) is 15.9. The molecular weight excluding hydrogens is 326 g/mol. The van der Waals surface area contributed by atoms with Gasteiger partial charge in [0.05, 0.1) is 13.7 Å². The summed E-state index contributed by atoms with van der Waals surface area (Å²) in [6, 6.07) is 13.5. The molecule has 0 aromatic heterocycles. The second-order valence-electron chi connectivity index (χ2n) is 6.36. The number of benzene rings is 2. The van der Waals surface area contributed by atoms with Crippen LogP contribution in [-0.2, 0) is 4.79 Å². The fraction of sp³-hybridized carbons (Fsp3) is 0.318. The number of methoxy groups -OCH3 is 1. The van der Waals surface area contributed by atoms with Crippen LogP contribution in [0, 0.1) is 0 Å². The van der Waals surface area contributed by atoms with Gasteiger partial charge in [-0.3, -0.25) is 4.79 Å². The van der Waals surface area contributed by atoms with Crippen molar-refractivity contribution in [2.24, 2.45) is 0 Å². The van der Waals surface area contributed by atoms with Gasteiger partial charge in [0, 0.05) is 11.8 Å². The zero-order chi connectivity index (χ0) is 18.9. The number of hydrogen-bond donors (Lipinski definition) is 1. The number of amides is 1. The molecule has 26 heavy (non-hydrogen) atoms. The molecule has 138 valence electrons. The first-order chi connectivity index (χ1) is 12.5. The quantitative estimate of drug-likeness (QED) is 0.659. The van der Waals surface area contributed by atoms with E-state index >= 15 is 0 Å². The SMILES string of the molecule is CCCOc1ccc(C=CC(=O)Nc2ccc(C(C)C)cc2)cc1OC. The van der Waals surface area contributed by atoms with Crippen LogP contribution in [0.3, 0.4) is 0 Å². The summed E-state index contributed by atoms with van der Waals surface area (Å²) >= 11 is 0. The lowest BCUT2D eigenvalue weighted by molar-refractivity contribution is -0.111. The summed E-state index contributed by atoms with van der Waals surface area (Å²) in [6.45, 7) is 6.98. The minimum Gasteiger partial charge on any atom is -0.493 e. The van der Waals surface area contributed by atoms with Crippen molar-refractivity contribution in [1.82, 2.24) is 0 Å². The van der Waals surface area contributed by atoms with Gasteiger partial charge in [0.2, 0.25) is 5.91 Å². The van der Waals surface area contributed by atoms with Crippen molar-refractivity contribution in [2.75, 3.05) is 19.0 Å². The van der Waals surface area contributed by atoms with Crippen LogP contribution in [0.5, 0.6) is 11.5 Å². The van der Waals surface area contributed by atoms with Crippen molar-refractivity contribution in [3.63, 3.8) is 0 Å². The molecule has 0 heterocycles. The lowest BCUT2D eigenvalue weighted by Crippen LogP contribution is -2.07. The summed E-state index contributed by atoms with van der Waals surface area (Å²) in [5.41, 5.74) is 2.90. The van der Waals surface area contributed by atoms with Crippen molar-refractivity contribution in [2.45, 2.75) is 33.1 Å². The summed E-state index contributed by atoms with van der Waals surface area (Å²) in [4.78, 5) is 12.1. The van der Waals surface area contributed by atoms with E-state index in [9.17, 15) is 4.79 Å². The van der Waals surface area contributed by atoms with E-state index in [1.165, 1.54) is 11.6 Å². The second kappa shape index (κ2) is 9.66. The molecule has 1 N–H and O–H groups in total. The van der Waals surface area contributed by atoms with E-state index in [0.717, 1.165) is 17.7 Å². The topological polar surface area (TPSA) is 47.6 Å². The first-order valence-electron chi connectivity index (χ1n) is 8.93. The Kier molecular flexibility index (Phi) is 7.27. The maximum atomic E-state index is 12.1. The molecule has 0 fully saturated rings. The molecule has 2 rings (SSSR count). The third-order valence-corrected chi connectivity index (χ3v) is 3.92. The van der Waals surface area contributed by atoms with Crippen molar-refractivity contribution in [3.05, 3.63) is 59.7 Å². The summed E-state index contributed by atoms with van der Waals surface area (Å²) in [7, 11) is 1.61. The molecule has 1 amide bonds. The van der Waals surface area contributed by atoms with Crippen molar-refractivity contribution in [1.29, 1.82) is 0 Å². The van der Waals surface area contributed by atoms with Crippen molar-refractivity contribution < 1.29 is 14.3 Å². The van der Waals surface area contributed by atoms with Crippen molar-refractivity contribution in [3.8, 4) is 11.5 Å². The highest BCUT2D eigenvalue weighted by atomic mass is 16.5. The summed E-state index contributed by atoms with van der Waals surface area (Å²) in [5.74, 6) is 1.66. The highest BCUT2D eigenvalue weighted by molar-refractivity contribution is 6.01. The Hall–Kier alpha value is -2.75.